The Kier molecular flexibility index (Phi) is 11.5. The molecule has 1 saturated heterocycles. The molecule has 3 aromatic rings. The van der Waals surface area contributed by atoms with Crippen molar-refractivity contribution in [2.45, 2.75) is 71.9 Å². The Bertz CT molecular complexity index is 1440. The van der Waals surface area contributed by atoms with Gasteiger partial charge in [0.1, 0.15) is 11.3 Å². The lowest BCUT2D eigenvalue weighted by atomic mass is 9.98. The Balaban J connectivity index is 1.42. The average molecular weight is 615 g/mol. The molecule has 4 N–H and O–H groups in total. The van der Waals surface area contributed by atoms with Crippen molar-refractivity contribution in [3.05, 3.63) is 83.7 Å². The van der Waals surface area contributed by atoms with Gasteiger partial charge in [-0.25, -0.2) is 9.59 Å². The summed E-state index contributed by atoms with van der Waals surface area (Å²) in [6, 6.07) is 17.4. The number of anilines is 3. The zero-order chi connectivity index (χ0) is 32.4. The largest absolute Gasteiger partial charge is 0.444 e. The van der Waals surface area contributed by atoms with Gasteiger partial charge < -0.3 is 25.6 Å². The van der Waals surface area contributed by atoms with Crippen LogP contribution in [0.15, 0.2) is 66.9 Å². The van der Waals surface area contributed by atoms with E-state index in [-0.39, 0.29) is 17.8 Å². The number of likely N-dealkylation sites (tertiary alicyclic amines) is 1. The lowest BCUT2D eigenvalue weighted by Gasteiger charge is -2.30. The fourth-order valence-electron chi connectivity index (χ4n) is 5.22. The van der Waals surface area contributed by atoms with Gasteiger partial charge in [-0.3, -0.25) is 15.1 Å². The molecule has 1 fully saturated rings. The number of urea groups is 1. The zero-order valence-corrected chi connectivity index (χ0v) is 27.0. The number of carbonyl (C=O) groups is 3. The van der Waals surface area contributed by atoms with Crippen LogP contribution in [-0.2, 0) is 4.74 Å². The highest BCUT2D eigenvalue weighted by molar-refractivity contribution is 6.05. The van der Waals surface area contributed by atoms with Gasteiger partial charge in [0.2, 0.25) is 0 Å². The van der Waals surface area contributed by atoms with Crippen LogP contribution in [0.3, 0.4) is 0 Å². The van der Waals surface area contributed by atoms with Crippen LogP contribution in [-0.4, -0.2) is 53.2 Å². The predicted molar refractivity (Wildman–Crippen MR) is 179 cm³/mol. The van der Waals surface area contributed by atoms with Crippen LogP contribution < -0.4 is 21.3 Å². The first kappa shape index (κ1) is 33.5. The Morgan fingerprint density at radius 2 is 1.67 bits per heavy atom. The molecule has 1 atom stereocenters. The highest BCUT2D eigenvalue weighted by atomic mass is 16.6. The van der Waals surface area contributed by atoms with Crippen LogP contribution in [0.4, 0.5) is 26.7 Å². The van der Waals surface area contributed by atoms with E-state index in [1.54, 1.807) is 57.3 Å². The lowest BCUT2D eigenvalue weighted by molar-refractivity contribution is 0.0635. The number of nitrogens with one attached hydrogen (secondary N) is 4. The molecule has 0 saturated carbocycles. The highest BCUT2D eigenvalue weighted by Gasteiger charge is 2.21. The van der Waals surface area contributed by atoms with Crippen LogP contribution in [0, 0.1) is 12.8 Å². The van der Waals surface area contributed by atoms with Gasteiger partial charge in [-0.1, -0.05) is 37.3 Å². The second kappa shape index (κ2) is 15.5. The van der Waals surface area contributed by atoms with Gasteiger partial charge in [0, 0.05) is 11.9 Å². The minimum absolute atomic E-state index is 0.205. The van der Waals surface area contributed by atoms with E-state index in [4.69, 9.17) is 4.74 Å². The standard InChI is InChI=1S/C35H46N6O4/c1-24-17-20-41(21-18-24)19-9-14-28(39-33(43)37-27-11-8-10-25(2)22-27)26-15-16-31(36-23-26)32(42)38-29-12-6-7-13-30(29)40-34(44)45-35(3,4)5/h6-8,10-13,15-16,22-24,28H,9,14,17-21H2,1-5H3,(H,38,42)(H,40,44)(H2,37,39,43). The van der Waals surface area contributed by atoms with Crippen molar-refractivity contribution in [3.63, 3.8) is 0 Å². The molecule has 1 unspecified atom stereocenters. The average Bonchev–Trinajstić information content (AvgIpc) is 2.98. The zero-order valence-electron chi connectivity index (χ0n) is 27.0. The van der Waals surface area contributed by atoms with Crippen molar-refractivity contribution in [1.29, 1.82) is 0 Å². The fraction of sp³-hybridized carbons (Fsp3) is 0.429. The normalized spacial score (nSPS) is 14.7. The van der Waals surface area contributed by atoms with Crippen molar-refractivity contribution in [2.24, 2.45) is 5.92 Å². The van der Waals surface area contributed by atoms with Gasteiger partial charge >= 0.3 is 12.1 Å². The maximum absolute atomic E-state index is 13.1. The summed E-state index contributed by atoms with van der Waals surface area (Å²) >= 11 is 0. The number of benzene rings is 2. The fourth-order valence-corrected chi connectivity index (χ4v) is 5.22. The molecule has 1 aliphatic rings. The number of carbonyl (C=O) groups excluding carboxylic acids is 3. The van der Waals surface area contributed by atoms with Crippen molar-refractivity contribution in [1.82, 2.24) is 15.2 Å². The molecule has 240 valence electrons. The first-order valence-corrected chi connectivity index (χ1v) is 15.7. The Morgan fingerprint density at radius 1 is 0.956 bits per heavy atom. The molecule has 0 radical (unpaired) electrons. The topological polar surface area (TPSA) is 125 Å². The van der Waals surface area contributed by atoms with Crippen molar-refractivity contribution < 1.29 is 19.1 Å². The molecule has 4 amide bonds. The summed E-state index contributed by atoms with van der Waals surface area (Å²) < 4.78 is 5.34. The minimum atomic E-state index is -0.659. The van der Waals surface area contributed by atoms with Crippen LogP contribution in [0.1, 0.15) is 81.0 Å². The van der Waals surface area contributed by atoms with Gasteiger partial charge in [0.25, 0.3) is 5.91 Å². The van der Waals surface area contributed by atoms with E-state index in [2.05, 4.69) is 38.1 Å². The van der Waals surface area contributed by atoms with E-state index in [0.717, 1.165) is 55.2 Å². The molecule has 1 aliphatic heterocycles. The molecular formula is C35H46N6O4. The van der Waals surface area contributed by atoms with E-state index >= 15 is 0 Å². The molecule has 10 nitrogen and oxygen atoms in total. The van der Waals surface area contributed by atoms with Crippen LogP contribution in [0.2, 0.25) is 0 Å². The number of pyridine rings is 1. The smallest absolute Gasteiger partial charge is 0.412 e. The summed E-state index contributed by atoms with van der Waals surface area (Å²) in [5, 5.41) is 11.6. The first-order valence-electron chi connectivity index (χ1n) is 15.7. The van der Waals surface area contributed by atoms with Crippen LogP contribution in [0.5, 0.6) is 0 Å². The molecule has 4 rings (SSSR count). The van der Waals surface area contributed by atoms with Crippen LogP contribution in [0.25, 0.3) is 0 Å². The SMILES string of the molecule is Cc1cccc(NC(=O)NC(CCCN2CCC(C)CC2)c2ccc(C(=O)Nc3ccccc3NC(=O)OC(C)(C)C)nc2)c1. The molecule has 0 spiro atoms. The predicted octanol–water partition coefficient (Wildman–Crippen LogP) is 7.36. The van der Waals surface area contributed by atoms with E-state index in [9.17, 15) is 14.4 Å². The third-order valence-corrected chi connectivity index (χ3v) is 7.66. The van der Waals surface area contributed by atoms with E-state index < -0.39 is 17.6 Å². The number of aromatic nitrogens is 1. The summed E-state index contributed by atoms with van der Waals surface area (Å²) in [6.45, 7) is 12.8. The molecule has 0 aliphatic carbocycles. The second-order valence-corrected chi connectivity index (χ2v) is 12.8. The van der Waals surface area contributed by atoms with E-state index in [1.165, 1.54) is 12.8 Å². The van der Waals surface area contributed by atoms with Gasteiger partial charge in [-0.15, -0.1) is 0 Å². The summed E-state index contributed by atoms with van der Waals surface area (Å²) in [4.78, 5) is 45.4. The summed E-state index contributed by atoms with van der Waals surface area (Å²) in [7, 11) is 0. The quantitative estimate of drug-likeness (QED) is 0.189. The van der Waals surface area contributed by atoms with Gasteiger partial charge in [0.15, 0.2) is 0 Å². The molecule has 10 heteroatoms. The molecule has 1 aromatic heterocycles. The first-order chi connectivity index (χ1) is 21.4. The van der Waals surface area contributed by atoms with E-state index in [0.29, 0.717) is 11.4 Å². The number of piperidine rings is 1. The summed E-state index contributed by atoms with van der Waals surface area (Å²) in [5.74, 6) is 0.346. The molecule has 2 heterocycles. The molecular weight excluding hydrogens is 568 g/mol. The number of nitrogens with zero attached hydrogens (tertiary/aromatic N) is 2. The van der Waals surface area contributed by atoms with Crippen molar-refractivity contribution in [3.8, 4) is 0 Å². The van der Waals surface area contributed by atoms with Gasteiger partial charge in [0.05, 0.1) is 17.4 Å². The third-order valence-electron chi connectivity index (χ3n) is 7.66. The highest BCUT2D eigenvalue weighted by Crippen LogP contribution is 2.24. The number of hydrogen-bond acceptors (Lipinski definition) is 6. The molecule has 45 heavy (non-hydrogen) atoms. The van der Waals surface area contributed by atoms with E-state index in [1.807, 2.05) is 37.3 Å². The number of hydrogen-bond donors (Lipinski definition) is 4. The second-order valence-electron chi connectivity index (χ2n) is 12.8. The number of para-hydroxylation sites is 2. The maximum Gasteiger partial charge on any atom is 0.412 e. The van der Waals surface area contributed by atoms with Gasteiger partial charge in [-0.05, 0) is 120 Å². The number of amides is 4. The minimum Gasteiger partial charge on any atom is -0.444 e. The Labute approximate surface area is 266 Å². The summed E-state index contributed by atoms with van der Waals surface area (Å²) in [5.41, 5.74) is 2.96. The van der Waals surface area contributed by atoms with Gasteiger partial charge in [-0.2, -0.15) is 0 Å². The number of aryl methyl sites for hydroxylation is 1. The number of ether oxygens (including phenoxy) is 1. The maximum atomic E-state index is 13.1. The van der Waals surface area contributed by atoms with Crippen molar-refractivity contribution >= 4 is 35.1 Å². The Morgan fingerprint density at radius 3 is 2.31 bits per heavy atom. The monoisotopic (exact) mass is 614 g/mol. The lowest BCUT2D eigenvalue weighted by Crippen LogP contribution is -2.35. The molecule has 2 aromatic carbocycles. The Hall–Kier alpha value is -4.44. The van der Waals surface area contributed by atoms with Crippen LogP contribution >= 0.6 is 0 Å². The number of rotatable bonds is 10. The summed E-state index contributed by atoms with van der Waals surface area (Å²) in [6.07, 6.45) is 5.09. The van der Waals surface area contributed by atoms with Crippen molar-refractivity contribution in [2.75, 3.05) is 35.6 Å². The third kappa shape index (κ3) is 10.9. The molecule has 0 bridgehead atoms.